The Hall–Kier alpha value is -1.44. The number of nitrogens with zero attached hydrogens (tertiary/aromatic N) is 1. The molecule has 110 valence electrons. The van der Waals surface area contributed by atoms with Crippen LogP contribution in [0.2, 0.25) is 0 Å². The Morgan fingerprint density at radius 3 is 2.60 bits per heavy atom. The molecule has 1 saturated heterocycles. The number of carboxylic acids is 1. The van der Waals surface area contributed by atoms with Crippen LogP contribution in [-0.2, 0) is 26.0 Å². The van der Waals surface area contributed by atoms with Gasteiger partial charge in [0.15, 0.2) is 0 Å². The largest absolute Gasteiger partial charge is 0.480 e. The minimum atomic E-state index is -3.81. The predicted molar refractivity (Wildman–Crippen MR) is 72.0 cm³/mol. The molecule has 1 aromatic carbocycles. The Morgan fingerprint density at radius 1 is 1.40 bits per heavy atom. The Bertz CT molecular complexity index is 581. The van der Waals surface area contributed by atoms with Crippen molar-refractivity contribution in [3.05, 3.63) is 29.8 Å². The molecule has 1 N–H and O–H groups in total. The molecule has 1 atom stereocenters. The highest BCUT2D eigenvalue weighted by Crippen LogP contribution is 2.21. The summed E-state index contributed by atoms with van der Waals surface area (Å²) in [5, 5.41) is 9.11. The number of rotatable bonds is 4. The smallest absolute Gasteiger partial charge is 0.324 e. The van der Waals surface area contributed by atoms with Gasteiger partial charge >= 0.3 is 5.97 Å². The number of carboxylic acid groups (broad SMARTS) is 1. The van der Waals surface area contributed by atoms with Gasteiger partial charge < -0.3 is 9.84 Å². The Balaban J connectivity index is 2.34. The van der Waals surface area contributed by atoms with Crippen LogP contribution in [0.1, 0.15) is 12.5 Å². The number of hydrogen-bond acceptors (Lipinski definition) is 4. The van der Waals surface area contributed by atoms with Gasteiger partial charge in [-0.3, -0.25) is 4.79 Å². The van der Waals surface area contributed by atoms with E-state index in [0.717, 1.165) is 16.3 Å². The van der Waals surface area contributed by atoms with E-state index in [1.807, 2.05) is 6.92 Å². The van der Waals surface area contributed by atoms with Crippen molar-refractivity contribution in [2.75, 3.05) is 19.8 Å². The van der Waals surface area contributed by atoms with Crippen LogP contribution in [0.15, 0.2) is 29.2 Å². The molecule has 0 radical (unpaired) electrons. The molecule has 1 aromatic rings. The number of hydrogen-bond donors (Lipinski definition) is 1. The van der Waals surface area contributed by atoms with Crippen LogP contribution < -0.4 is 0 Å². The fraction of sp³-hybridized carbons (Fsp3) is 0.462. The van der Waals surface area contributed by atoms with E-state index < -0.39 is 22.0 Å². The summed E-state index contributed by atoms with van der Waals surface area (Å²) in [6.07, 6.45) is 0.815. The summed E-state index contributed by atoms with van der Waals surface area (Å²) in [5.41, 5.74) is 1.03. The van der Waals surface area contributed by atoms with Crippen molar-refractivity contribution in [2.45, 2.75) is 24.3 Å². The summed E-state index contributed by atoms with van der Waals surface area (Å²) in [6, 6.07) is 5.34. The molecule has 1 fully saturated rings. The quantitative estimate of drug-likeness (QED) is 0.886. The zero-order valence-corrected chi connectivity index (χ0v) is 12.0. The summed E-state index contributed by atoms with van der Waals surface area (Å²) < 4.78 is 31.1. The number of benzene rings is 1. The van der Waals surface area contributed by atoms with Gasteiger partial charge in [-0.05, 0) is 24.1 Å². The maximum Gasteiger partial charge on any atom is 0.324 e. The molecule has 0 amide bonds. The summed E-state index contributed by atoms with van der Waals surface area (Å²) in [5.74, 6) is -1.20. The molecule has 1 aliphatic rings. The van der Waals surface area contributed by atoms with E-state index in [1.54, 1.807) is 12.1 Å². The van der Waals surface area contributed by atoms with Gasteiger partial charge in [-0.2, -0.15) is 4.31 Å². The molecule has 20 heavy (non-hydrogen) atoms. The van der Waals surface area contributed by atoms with E-state index in [1.165, 1.54) is 12.1 Å². The van der Waals surface area contributed by atoms with Gasteiger partial charge in [-0.1, -0.05) is 19.1 Å². The average molecular weight is 299 g/mol. The highest BCUT2D eigenvalue weighted by Gasteiger charge is 2.38. The van der Waals surface area contributed by atoms with Gasteiger partial charge in [0.25, 0.3) is 0 Å². The van der Waals surface area contributed by atoms with Crippen LogP contribution in [0, 0.1) is 0 Å². The van der Waals surface area contributed by atoms with Crippen LogP contribution in [0.4, 0.5) is 0 Å². The van der Waals surface area contributed by atoms with Crippen LogP contribution in [-0.4, -0.2) is 49.6 Å². The number of carbonyl (C=O) groups is 1. The molecular formula is C13H17NO5S. The predicted octanol–water partition coefficient (Wildman–Crippen LogP) is 0.723. The molecule has 1 aliphatic heterocycles. The maximum atomic E-state index is 12.5. The lowest BCUT2D eigenvalue weighted by molar-refractivity contribution is -0.146. The van der Waals surface area contributed by atoms with Crippen LogP contribution >= 0.6 is 0 Å². The molecule has 1 unspecified atom stereocenters. The first kappa shape index (κ1) is 15.0. The third kappa shape index (κ3) is 2.84. The molecule has 0 aromatic heterocycles. The highest BCUT2D eigenvalue weighted by molar-refractivity contribution is 7.89. The van der Waals surface area contributed by atoms with Gasteiger partial charge in [0.05, 0.1) is 18.1 Å². The van der Waals surface area contributed by atoms with E-state index in [-0.39, 0.29) is 24.7 Å². The fourth-order valence-electron chi connectivity index (χ4n) is 2.10. The monoisotopic (exact) mass is 299 g/mol. The molecule has 0 spiro atoms. The molecule has 2 rings (SSSR count). The Morgan fingerprint density at radius 2 is 2.05 bits per heavy atom. The zero-order chi connectivity index (χ0) is 14.8. The lowest BCUT2D eigenvalue weighted by atomic mass is 10.2. The van der Waals surface area contributed by atoms with E-state index in [4.69, 9.17) is 9.84 Å². The number of ether oxygens (including phenoxy) is 1. The van der Waals surface area contributed by atoms with Gasteiger partial charge in [0, 0.05) is 6.54 Å². The normalized spacial score (nSPS) is 20.8. The fourth-order valence-corrected chi connectivity index (χ4v) is 3.65. The topological polar surface area (TPSA) is 83.9 Å². The second kappa shape index (κ2) is 5.90. The van der Waals surface area contributed by atoms with Crippen molar-refractivity contribution in [1.29, 1.82) is 0 Å². The summed E-state index contributed by atoms with van der Waals surface area (Å²) in [7, 11) is -3.81. The lowest BCUT2D eigenvalue weighted by Crippen LogP contribution is -2.52. The standard InChI is InChI=1S/C13H17NO5S/c1-2-10-3-5-11(6-4-10)20(17,18)14-7-8-19-9-12(14)13(15)16/h3-6,12H,2,7-9H2,1H3,(H,15,16). The van der Waals surface area contributed by atoms with Gasteiger partial charge in [0.2, 0.25) is 10.0 Å². The molecule has 7 heteroatoms. The molecule has 6 nitrogen and oxygen atoms in total. The lowest BCUT2D eigenvalue weighted by Gasteiger charge is -2.31. The van der Waals surface area contributed by atoms with Gasteiger partial charge in [-0.15, -0.1) is 0 Å². The first-order valence-electron chi connectivity index (χ1n) is 6.38. The minimum absolute atomic E-state index is 0.0504. The van der Waals surface area contributed by atoms with E-state index >= 15 is 0 Å². The van der Waals surface area contributed by atoms with E-state index in [9.17, 15) is 13.2 Å². The van der Waals surface area contributed by atoms with Crippen LogP contribution in [0.25, 0.3) is 0 Å². The van der Waals surface area contributed by atoms with Crippen molar-refractivity contribution < 1.29 is 23.1 Å². The number of aliphatic carboxylic acids is 1. The summed E-state index contributed by atoms with van der Waals surface area (Å²) in [4.78, 5) is 11.3. The number of aryl methyl sites for hydroxylation is 1. The van der Waals surface area contributed by atoms with Crippen molar-refractivity contribution >= 4 is 16.0 Å². The van der Waals surface area contributed by atoms with Crippen LogP contribution in [0.3, 0.4) is 0 Å². The van der Waals surface area contributed by atoms with E-state index in [0.29, 0.717) is 0 Å². The molecule has 0 saturated carbocycles. The molecule has 0 aliphatic carbocycles. The third-order valence-corrected chi connectivity index (χ3v) is 5.23. The molecule has 0 bridgehead atoms. The van der Waals surface area contributed by atoms with E-state index in [2.05, 4.69) is 0 Å². The minimum Gasteiger partial charge on any atom is -0.480 e. The number of morpholine rings is 1. The average Bonchev–Trinajstić information content (AvgIpc) is 2.47. The Kier molecular flexibility index (Phi) is 4.42. The van der Waals surface area contributed by atoms with Gasteiger partial charge in [-0.25, -0.2) is 8.42 Å². The second-order valence-electron chi connectivity index (χ2n) is 4.54. The zero-order valence-electron chi connectivity index (χ0n) is 11.2. The van der Waals surface area contributed by atoms with Crippen molar-refractivity contribution in [1.82, 2.24) is 4.31 Å². The first-order chi connectivity index (χ1) is 9.46. The maximum absolute atomic E-state index is 12.5. The molecular weight excluding hydrogens is 282 g/mol. The van der Waals surface area contributed by atoms with Crippen LogP contribution in [0.5, 0.6) is 0 Å². The van der Waals surface area contributed by atoms with Gasteiger partial charge in [0.1, 0.15) is 6.04 Å². The highest BCUT2D eigenvalue weighted by atomic mass is 32.2. The van der Waals surface area contributed by atoms with Crippen molar-refractivity contribution in [3.63, 3.8) is 0 Å². The SMILES string of the molecule is CCc1ccc(S(=O)(=O)N2CCOCC2C(=O)O)cc1. The first-order valence-corrected chi connectivity index (χ1v) is 7.82. The van der Waals surface area contributed by atoms with Crippen molar-refractivity contribution in [3.8, 4) is 0 Å². The molecule has 1 heterocycles. The second-order valence-corrected chi connectivity index (χ2v) is 6.43. The summed E-state index contributed by atoms with van der Waals surface area (Å²) >= 11 is 0. The number of sulfonamides is 1. The summed E-state index contributed by atoms with van der Waals surface area (Å²) in [6.45, 7) is 2.11. The van der Waals surface area contributed by atoms with Crippen molar-refractivity contribution in [2.24, 2.45) is 0 Å². The Labute approximate surface area is 118 Å². The third-order valence-electron chi connectivity index (χ3n) is 3.30.